The summed E-state index contributed by atoms with van der Waals surface area (Å²) in [6.45, 7) is 0. The summed E-state index contributed by atoms with van der Waals surface area (Å²) in [7, 11) is 0. The Morgan fingerprint density at radius 2 is 2.04 bits per heavy atom. The fourth-order valence-electron chi connectivity index (χ4n) is 2.69. The van der Waals surface area contributed by atoms with Crippen LogP contribution in [0.4, 0.5) is 0 Å². The van der Waals surface area contributed by atoms with Crippen molar-refractivity contribution in [3.8, 4) is 5.69 Å². The van der Waals surface area contributed by atoms with E-state index in [0.29, 0.717) is 17.5 Å². The molecule has 1 aromatic carbocycles. The van der Waals surface area contributed by atoms with E-state index in [2.05, 4.69) is 10.1 Å². The van der Waals surface area contributed by atoms with Gasteiger partial charge in [-0.25, -0.2) is 9.67 Å². The fourth-order valence-corrected chi connectivity index (χ4v) is 2.69. The lowest BCUT2D eigenvalue weighted by atomic mass is 10.0. The molecule has 0 aliphatic carbocycles. The highest BCUT2D eigenvalue weighted by atomic mass is 16.3. The fraction of sp³-hybridized carbons (Fsp3) is 0.0556. The SMILES string of the molecule is NC(=O)c1cc(Cc2ccc(-n3cccn3)cc2)c2occc2n1. The van der Waals surface area contributed by atoms with Crippen molar-refractivity contribution in [3.63, 3.8) is 0 Å². The number of furan rings is 1. The van der Waals surface area contributed by atoms with Gasteiger partial charge in [-0.2, -0.15) is 5.10 Å². The maximum Gasteiger partial charge on any atom is 0.267 e. The minimum Gasteiger partial charge on any atom is -0.462 e. The quantitative estimate of drug-likeness (QED) is 0.627. The van der Waals surface area contributed by atoms with Crippen LogP contribution in [0, 0.1) is 0 Å². The normalized spacial score (nSPS) is 11.0. The van der Waals surface area contributed by atoms with E-state index in [1.807, 2.05) is 36.5 Å². The summed E-state index contributed by atoms with van der Waals surface area (Å²) in [6, 6.07) is 13.3. The highest BCUT2D eigenvalue weighted by Gasteiger charge is 2.12. The number of nitrogens with two attached hydrogens (primary N) is 1. The van der Waals surface area contributed by atoms with E-state index in [1.54, 1.807) is 29.3 Å². The molecule has 0 unspecified atom stereocenters. The summed E-state index contributed by atoms with van der Waals surface area (Å²) in [5.41, 5.74) is 9.88. The second-order valence-corrected chi connectivity index (χ2v) is 5.46. The van der Waals surface area contributed by atoms with E-state index in [0.717, 1.165) is 16.8 Å². The zero-order valence-electron chi connectivity index (χ0n) is 12.7. The molecule has 24 heavy (non-hydrogen) atoms. The third-order valence-corrected chi connectivity index (χ3v) is 3.84. The van der Waals surface area contributed by atoms with Crippen molar-refractivity contribution in [1.29, 1.82) is 0 Å². The number of rotatable bonds is 4. The molecule has 0 atom stereocenters. The molecule has 4 aromatic rings. The summed E-state index contributed by atoms with van der Waals surface area (Å²) < 4.78 is 7.31. The monoisotopic (exact) mass is 318 g/mol. The molecule has 0 bridgehead atoms. The van der Waals surface area contributed by atoms with Crippen LogP contribution >= 0.6 is 0 Å². The van der Waals surface area contributed by atoms with Crippen LogP contribution in [0.25, 0.3) is 16.8 Å². The predicted octanol–water partition coefficient (Wildman–Crippen LogP) is 2.70. The average Bonchev–Trinajstić information content (AvgIpc) is 3.27. The molecule has 2 N–H and O–H groups in total. The van der Waals surface area contributed by atoms with Gasteiger partial charge >= 0.3 is 0 Å². The van der Waals surface area contributed by atoms with Crippen molar-refractivity contribution in [2.24, 2.45) is 5.73 Å². The van der Waals surface area contributed by atoms with Gasteiger partial charge in [0.1, 0.15) is 11.2 Å². The molecule has 3 heterocycles. The zero-order valence-corrected chi connectivity index (χ0v) is 12.7. The van der Waals surface area contributed by atoms with E-state index >= 15 is 0 Å². The molecular weight excluding hydrogens is 304 g/mol. The minimum atomic E-state index is -0.548. The van der Waals surface area contributed by atoms with Crippen LogP contribution in [-0.2, 0) is 6.42 Å². The van der Waals surface area contributed by atoms with Crippen LogP contribution in [0.15, 0.2) is 65.5 Å². The van der Waals surface area contributed by atoms with Gasteiger partial charge in [0.2, 0.25) is 0 Å². The number of carbonyl (C=O) groups excluding carboxylic acids is 1. The summed E-state index contributed by atoms with van der Waals surface area (Å²) in [5, 5.41) is 4.21. The molecular formula is C18H14N4O2. The van der Waals surface area contributed by atoms with Gasteiger partial charge in [-0.15, -0.1) is 0 Å². The van der Waals surface area contributed by atoms with Crippen molar-refractivity contribution in [1.82, 2.24) is 14.8 Å². The first kappa shape index (κ1) is 14.2. The highest BCUT2D eigenvalue weighted by Crippen LogP contribution is 2.23. The number of fused-ring (bicyclic) bond motifs is 1. The molecule has 0 saturated heterocycles. The molecule has 4 rings (SSSR count). The average molecular weight is 318 g/mol. The number of nitrogens with zero attached hydrogens (tertiary/aromatic N) is 3. The van der Waals surface area contributed by atoms with E-state index in [1.165, 1.54) is 0 Å². The van der Waals surface area contributed by atoms with Crippen LogP contribution in [0.3, 0.4) is 0 Å². The van der Waals surface area contributed by atoms with Crippen molar-refractivity contribution < 1.29 is 9.21 Å². The topological polar surface area (TPSA) is 86.9 Å². The van der Waals surface area contributed by atoms with Gasteiger partial charge in [0.15, 0.2) is 5.58 Å². The Kier molecular flexibility index (Phi) is 3.35. The first-order valence-corrected chi connectivity index (χ1v) is 7.46. The molecule has 0 saturated carbocycles. The second-order valence-electron chi connectivity index (χ2n) is 5.46. The van der Waals surface area contributed by atoms with E-state index in [-0.39, 0.29) is 5.69 Å². The predicted molar refractivity (Wildman–Crippen MR) is 88.9 cm³/mol. The first-order valence-electron chi connectivity index (χ1n) is 7.46. The van der Waals surface area contributed by atoms with Gasteiger partial charge in [-0.3, -0.25) is 4.79 Å². The number of hydrogen-bond donors (Lipinski definition) is 1. The second kappa shape index (κ2) is 5.66. The lowest BCUT2D eigenvalue weighted by molar-refractivity contribution is 0.0996. The lowest BCUT2D eigenvalue weighted by Crippen LogP contribution is -2.13. The van der Waals surface area contributed by atoms with Crippen LogP contribution in [0.2, 0.25) is 0 Å². The molecule has 6 heteroatoms. The summed E-state index contributed by atoms with van der Waals surface area (Å²) in [4.78, 5) is 15.7. The Balaban J connectivity index is 1.69. The Hall–Kier alpha value is -3.41. The number of amides is 1. The third-order valence-electron chi connectivity index (χ3n) is 3.84. The summed E-state index contributed by atoms with van der Waals surface area (Å²) in [5.74, 6) is -0.548. The van der Waals surface area contributed by atoms with Crippen LogP contribution in [0.5, 0.6) is 0 Å². The summed E-state index contributed by atoms with van der Waals surface area (Å²) >= 11 is 0. The van der Waals surface area contributed by atoms with Gasteiger partial charge in [0.25, 0.3) is 5.91 Å². The Labute approximate surface area is 137 Å². The number of benzene rings is 1. The maximum atomic E-state index is 11.5. The van der Waals surface area contributed by atoms with Crippen molar-refractivity contribution in [2.45, 2.75) is 6.42 Å². The molecule has 6 nitrogen and oxygen atoms in total. The van der Waals surface area contributed by atoms with Crippen LogP contribution < -0.4 is 5.73 Å². The standard InChI is InChI=1S/C18H14N4O2/c19-18(23)16-11-13(17-15(21-16)6-9-24-17)10-12-2-4-14(5-3-12)22-8-1-7-20-22/h1-9,11H,10H2,(H2,19,23). The Bertz CT molecular complexity index is 1000. The molecule has 0 aliphatic rings. The van der Waals surface area contributed by atoms with E-state index in [4.69, 9.17) is 10.2 Å². The number of carbonyl (C=O) groups is 1. The molecule has 0 fully saturated rings. The number of hydrogen-bond acceptors (Lipinski definition) is 4. The number of aromatic nitrogens is 3. The molecule has 0 spiro atoms. The minimum absolute atomic E-state index is 0.243. The zero-order chi connectivity index (χ0) is 16.5. The molecule has 3 aromatic heterocycles. The first-order chi connectivity index (χ1) is 11.7. The maximum absolute atomic E-state index is 11.5. The number of primary amides is 1. The van der Waals surface area contributed by atoms with Gasteiger partial charge in [-0.05, 0) is 29.8 Å². The largest absolute Gasteiger partial charge is 0.462 e. The lowest BCUT2D eigenvalue weighted by Gasteiger charge is -2.06. The Morgan fingerprint density at radius 3 is 2.75 bits per heavy atom. The van der Waals surface area contributed by atoms with Gasteiger partial charge in [-0.1, -0.05) is 12.1 Å². The van der Waals surface area contributed by atoms with E-state index in [9.17, 15) is 4.79 Å². The number of pyridine rings is 1. The Morgan fingerprint density at radius 1 is 1.21 bits per heavy atom. The van der Waals surface area contributed by atoms with Gasteiger partial charge < -0.3 is 10.2 Å². The molecule has 1 amide bonds. The molecule has 118 valence electrons. The van der Waals surface area contributed by atoms with Gasteiger partial charge in [0.05, 0.1) is 12.0 Å². The van der Waals surface area contributed by atoms with Crippen molar-refractivity contribution in [3.05, 3.63) is 77.9 Å². The summed E-state index contributed by atoms with van der Waals surface area (Å²) in [6.07, 6.45) is 5.81. The molecule has 0 aliphatic heterocycles. The van der Waals surface area contributed by atoms with Crippen LogP contribution in [0.1, 0.15) is 21.6 Å². The smallest absolute Gasteiger partial charge is 0.267 e. The van der Waals surface area contributed by atoms with Crippen molar-refractivity contribution >= 4 is 17.0 Å². The van der Waals surface area contributed by atoms with Gasteiger partial charge in [0, 0.05) is 30.4 Å². The molecule has 0 radical (unpaired) electrons. The van der Waals surface area contributed by atoms with E-state index < -0.39 is 5.91 Å². The highest BCUT2D eigenvalue weighted by molar-refractivity contribution is 5.93. The van der Waals surface area contributed by atoms with Crippen LogP contribution in [-0.4, -0.2) is 20.7 Å². The van der Waals surface area contributed by atoms with Crippen molar-refractivity contribution in [2.75, 3.05) is 0 Å². The third kappa shape index (κ3) is 2.54.